The lowest BCUT2D eigenvalue weighted by molar-refractivity contribution is 0.142. The quantitative estimate of drug-likeness (QED) is 0.456. The van der Waals surface area contributed by atoms with Gasteiger partial charge in [0.15, 0.2) is 0 Å². The summed E-state index contributed by atoms with van der Waals surface area (Å²) in [7, 11) is 0. The van der Waals surface area contributed by atoms with Gasteiger partial charge in [0.1, 0.15) is 24.7 Å². The second-order valence-electron chi connectivity index (χ2n) is 8.43. The van der Waals surface area contributed by atoms with Crippen LogP contribution in [-0.4, -0.2) is 48.5 Å². The second-order valence-corrected chi connectivity index (χ2v) is 8.43. The molecule has 0 atom stereocenters. The number of rotatable bonds is 11. The van der Waals surface area contributed by atoms with Crippen LogP contribution < -0.4 is 9.47 Å². The summed E-state index contributed by atoms with van der Waals surface area (Å²) in [5.74, 6) is 1.72. The number of aliphatic hydroxyl groups is 1. The normalized spacial score (nSPS) is 11.6. The van der Waals surface area contributed by atoms with Gasteiger partial charge in [-0.15, -0.1) is 0 Å². The SMILES string of the molecule is CC(C)N(CCOc1ccc(Cc2c(OCCO)ccc3ccccc23)cc1)C(C)C. The molecule has 0 amide bonds. The number of ether oxygens (including phenoxy) is 2. The van der Waals surface area contributed by atoms with Gasteiger partial charge in [-0.05, 0) is 62.2 Å². The fourth-order valence-electron chi connectivity index (χ4n) is 4.08. The Bertz CT molecular complexity index is 942. The number of fused-ring (bicyclic) bond motifs is 1. The lowest BCUT2D eigenvalue weighted by Crippen LogP contribution is -2.39. The molecule has 31 heavy (non-hydrogen) atoms. The summed E-state index contributed by atoms with van der Waals surface area (Å²) in [6.07, 6.45) is 0.761. The third-order valence-electron chi connectivity index (χ3n) is 5.60. The lowest BCUT2D eigenvalue weighted by Gasteiger charge is -2.30. The second kappa shape index (κ2) is 11.2. The van der Waals surface area contributed by atoms with Crippen LogP contribution in [0.5, 0.6) is 11.5 Å². The summed E-state index contributed by atoms with van der Waals surface area (Å²) in [5.41, 5.74) is 2.34. The summed E-state index contributed by atoms with van der Waals surface area (Å²) in [6.45, 7) is 10.8. The number of hydrogen-bond acceptors (Lipinski definition) is 4. The van der Waals surface area contributed by atoms with Crippen molar-refractivity contribution in [1.82, 2.24) is 4.90 Å². The maximum absolute atomic E-state index is 9.18. The highest BCUT2D eigenvalue weighted by Crippen LogP contribution is 2.30. The minimum atomic E-state index is 0.00332. The molecule has 166 valence electrons. The first-order chi connectivity index (χ1) is 15.0. The minimum absolute atomic E-state index is 0.00332. The van der Waals surface area contributed by atoms with Crippen LogP contribution in [0.25, 0.3) is 10.8 Å². The van der Waals surface area contributed by atoms with Crippen LogP contribution in [0.2, 0.25) is 0 Å². The van der Waals surface area contributed by atoms with Gasteiger partial charge in [0.2, 0.25) is 0 Å². The monoisotopic (exact) mass is 421 g/mol. The van der Waals surface area contributed by atoms with Crippen molar-refractivity contribution in [3.05, 3.63) is 71.8 Å². The van der Waals surface area contributed by atoms with Crippen molar-refractivity contribution in [3.8, 4) is 11.5 Å². The van der Waals surface area contributed by atoms with E-state index in [-0.39, 0.29) is 6.61 Å². The number of aliphatic hydroxyl groups excluding tert-OH is 1. The molecule has 0 saturated carbocycles. The van der Waals surface area contributed by atoms with Gasteiger partial charge in [0, 0.05) is 30.6 Å². The van der Waals surface area contributed by atoms with Crippen LogP contribution in [0.15, 0.2) is 60.7 Å². The third-order valence-corrected chi connectivity index (χ3v) is 5.60. The van der Waals surface area contributed by atoms with Gasteiger partial charge in [-0.25, -0.2) is 0 Å². The molecule has 3 aromatic rings. The molecule has 0 spiro atoms. The van der Waals surface area contributed by atoms with Crippen molar-refractivity contribution >= 4 is 10.8 Å². The smallest absolute Gasteiger partial charge is 0.123 e. The Balaban J connectivity index is 1.70. The Morgan fingerprint density at radius 3 is 2.19 bits per heavy atom. The molecule has 0 heterocycles. The summed E-state index contributed by atoms with van der Waals surface area (Å²) >= 11 is 0. The molecule has 0 aromatic heterocycles. The zero-order valence-electron chi connectivity index (χ0n) is 19.2. The van der Waals surface area contributed by atoms with E-state index < -0.39 is 0 Å². The van der Waals surface area contributed by atoms with E-state index in [0.717, 1.165) is 30.0 Å². The Morgan fingerprint density at radius 2 is 1.52 bits per heavy atom. The first-order valence-electron chi connectivity index (χ1n) is 11.2. The van der Waals surface area contributed by atoms with Gasteiger partial charge in [-0.2, -0.15) is 0 Å². The highest BCUT2D eigenvalue weighted by Gasteiger charge is 2.13. The number of hydrogen-bond donors (Lipinski definition) is 1. The molecule has 0 saturated heterocycles. The van der Waals surface area contributed by atoms with Crippen molar-refractivity contribution in [2.45, 2.75) is 46.2 Å². The predicted octanol–water partition coefficient (Wildman–Crippen LogP) is 5.30. The first kappa shape index (κ1) is 23.1. The van der Waals surface area contributed by atoms with Gasteiger partial charge in [-0.1, -0.05) is 42.5 Å². The van der Waals surface area contributed by atoms with Gasteiger partial charge < -0.3 is 14.6 Å². The van der Waals surface area contributed by atoms with E-state index in [1.165, 1.54) is 16.3 Å². The van der Waals surface area contributed by atoms with E-state index in [1.54, 1.807) is 0 Å². The molecule has 0 fully saturated rings. The average Bonchev–Trinajstić information content (AvgIpc) is 2.76. The molecule has 3 rings (SSSR count). The first-order valence-corrected chi connectivity index (χ1v) is 11.2. The fourth-order valence-corrected chi connectivity index (χ4v) is 4.08. The molecule has 0 radical (unpaired) electrons. The molecular formula is C27H35NO3. The maximum Gasteiger partial charge on any atom is 0.123 e. The maximum atomic E-state index is 9.18. The average molecular weight is 422 g/mol. The van der Waals surface area contributed by atoms with Crippen LogP contribution in [0, 0.1) is 0 Å². The summed E-state index contributed by atoms with van der Waals surface area (Å²) in [6, 6.07) is 21.8. The Morgan fingerprint density at radius 1 is 0.806 bits per heavy atom. The molecule has 0 unspecified atom stereocenters. The Kier molecular flexibility index (Phi) is 8.33. The predicted molar refractivity (Wildman–Crippen MR) is 128 cm³/mol. The number of benzene rings is 3. The van der Waals surface area contributed by atoms with E-state index >= 15 is 0 Å². The Hall–Kier alpha value is -2.56. The number of nitrogens with zero attached hydrogens (tertiary/aromatic N) is 1. The molecule has 3 aromatic carbocycles. The van der Waals surface area contributed by atoms with E-state index in [4.69, 9.17) is 9.47 Å². The highest BCUT2D eigenvalue weighted by molar-refractivity contribution is 5.88. The zero-order chi connectivity index (χ0) is 22.2. The van der Waals surface area contributed by atoms with Crippen molar-refractivity contribution in [1.29, 1.82) is 0 Å². The summed E-state index contributed by atoms with van der Waals surface area (Å²) < 4.78 is 11.8. The van der Waals surface area contributed by atoms with Crippen molar-refractivity contribution in [2.75, 3.05) is 26.4 Å². The largest absolute Gasteiger partial charge is 0.492 e. The van der Waals surface area contributed by atoms with Crippen molar-refractivity contribution in [3.63, 3.8) is 0 Å². The van der Waals surface area contributed by atoms with Crippen molar-refractivity contribution < 1.29 is 14.6 Å². The van der Waals surface area contributed by atoms with Crippen molar-refractivity contribution in [2.24, 2.45) is 0 Å². The Labute approximate surface area is 186 Å². The van der Waals surface area contributed by atoms with E-state index in [9.17, 15) is 5.11 Å². The molecular weight excluding hydrogens is 386 g/mol. The van der Waals surface area contributed by atoms with Gasteiger partial charge in [-0.3, -0.25) is 4.90 Å². The van der Waals surface area contributed by atoms with Crippen LogP contribution in [-0.2, 0) is 6.42 Å². The van der Waals surface area contributed by atoms with Crippen LogP contribution in [0.1, 0.15) is 38.8 Å². The van der Waals surface area contributed by atoms with Crippen LogP contribution in [0.4, 0.5) is 0 Å². The van der Waals surface area contributed by atoms with E-state index in [2.05, 4.69) is 69.0 Å². The highest BCUT2D eigenvalue weighted by atomic mass is 16.5. The standard InChI is InChI=1S/C27H35NO3/c1-20(2)28(21(3)4)15-17-30-24-12-9-22(10-13-24)19-26-25-8-6-5-7-23(25)11-14-27(26)31-18-16-29/h5-14,20-21,29H,15-19H2,1-4H3. The molecule has 0 aliphatic heterocycles. The van der Waals surface area contributed by atoms with Crippen LogP contribution in [0.3, 0.4) is 0 Å². The molecule has 0 aliphatic carbocycles. The molecule has 0 aliphatic rings. The van der Waals surface area contributed by atoms with Gasteiger partial charge >= 0.3 is 0 Å². The van der Waals surface area contributed by atoms with E-state index in [0.29, 0.717) is 25.3 Å². The third kappa shape index (κ3) is 6.22. The zero-order valence-corrected chi connectivity index (χ0v) is 19.2. The minimum Gasteiger partial charge on any atom is -0.492 e. The van der Waals surface area contributed by atoms with E-state index in [1.807, 2.05) is 24.3 Å². The molecule has 4 heteroatoms. The van der Waals surface area contributed by atoms with Crippen LogP contribution >= 0.6 is 0 Å². The van der Waals surface area contributed by atoms with Gasteiger partial charge in [0.25, 0.3) is 0 Å². The summed E-state index contributed by atoms with van der Waals surface area (Å²) in [5, 5.41) is 11.5. The molecule has 0 bridgehead atoms. The van der Waals surface area contributed by atoms with Gasteiger partial charge in [0.05, 0.1) is 6.61 Å². The summed E-state index contributed by atoms with van der Waals surface area (Å²) in [4.78, 5) is 2.43. The fraction of sp³-hybridized carbons (Fsp3) is 0.407. The molecule has 4 nitrogen and oxygen atoms in total. The topological polar surface area (TPSA) is 41.9 Å². The lowest BCUT2D eigenvalue weighted by atomic mass is 9.97. The molecule has 1 N–H and O–H groups in total.